The Morgan fingerprint density at radius 1 is 1.35 bits per heavy atom. The van der Waals surface area contributed by atoms with Crippen molar-refractivity contribution in [3.63, 3.8) is 0 Å². The molecule has 2 N–H and O–H groups in total. The lowest BCUT2D eigenvalue weighted by molar-refractivity contribution is -0.139. The highest BCUT2D eigenvalue weighted by Crippen LogP contribution is 2.41. The van der Waals surface area contributed by atoms with E-state index in [4.69, 9.17) is 0 Å². The monoisotopic (exact) mass is 495 g/mol. The van der Waals surface area contributed by atoms with Crippen LogP contribution >= 0.6 is 15.9 Å². The van der Waals surface area contributed by atoms with Crippen LogP contribution in [0.3, 0.4) is 0 Å². The van der Waals surface area contributed by atoms with E-state index in [0.29, 0.717) is 30.6 Å². The first-order valence-corrected chi connectivity index (χ1v) is 11.1. The van der Waals surface area contributed by atoms with Gasteiger partial charge in [0.15, 0.2) is 5.43 Å². The average Bonchev–Trinajstić information content (AvgIpc) is 3.17. The van der Waals surface area contributed by atoms with Crippen molar-refractivity contribution in [3.05, 3.63) is 44.4 Å². The van der Waals surface area contributed by atoms with E-state index < -0.39 is 23.5 Å². The SMILES string of the molecule is CCC1(c2cc(=O)c3cc(F)c(Br)cc3[nH]2)CCCN1C(=O)C(NC(=O)OC)C(C)C. The first-order valence-electron chi connectivity index (χ1n) is 10.3. The summed E-state index contributed by atoms with van der Waals surface area (Å²) in [5.41, 5.74) is 0.0692. The number of carbonyl (C=O) groups excluding carboxylic acids is 2. The standard InChI is InChI=1S/C22H27BrFN3O4/c1-5-22(18-11-17(28)13-9-15(24)14(23)10-16(13)25-18)7-6-8-27(22)20(29)19(12(2)3)26-21(30)31-4/h9-12,19H,5-8H2,1-4H3,(H,25,28)(H,26,30). The molecule has 1 fully saturated rings. The summed E-state index contributed by atoms with van der Waals surface area (Å²) >= 11 is 3.17. The Kier molecular flexibility index (Phi) is 6.73. The summed E-state index contributed by atoms with van der Waals surface area (Å²) in [6.07, 6.45) is 1.34. The number of carbonyl (C=O) groups is 2. The number of hydrogen-bond acceptors (Lipinski definition) is 4. The molecule has 31 heavy (non-hydrogen) atoms. The molecule has 2 unspecified atom stereocenters. The quantitative estimate of drug-likeness (QED) is 0.654. The fourth-order valence-electron chi connectivity index (χ4n) is 4.40. The number of nitrogens with zero attached hydrogens (tertiary/aromatic N) is 1. The van der Waals surface area contributed by atoms with Crippen LogP contribution in [0.15, 0.2) is 27.5 Å². The van der Waals surface area contributed by atoms with Crippen LogP contribution in [-0.4, -0.2) is 41.6 Å². The highest BCUT2D eigenvalue weighted by molar-refractivity contribution is 9.10. The van der Waals surface area contributed by atoms with Crippen LogP contribution in [-0.2, 0) is 15.1 Å². The van der Waals surface area contributed by atoms with Gasteiger partial charge in [-0.25, -0.2) is 9.18 Å². The summed E-state index contributed by atoms with van der Waals surface area (Å²) in [4.78, 5) is 43.2. The van der Waals surface area contributed by atoms with Crippen molar-refractivity contribution in [2.75, 3.05) is 13.7 Å². The number of alkyl carbamates (subject to hydrolysis) is 1. The number of rotatable bonds is 5. The number of aromatic amines is 1. The van der Waals surface area contributed by atoms with Gasteiger partial charge in [0.25, 0.3) is 0 Å². The summed E-state index contributed by atoms with van der Waals surface area (Å²) in [7, 11) is 1.25. The maximum Gasteiger partial charge on any atom is 0.407 e. The Hall–Kier alpha value is -2.42. The van der Waals surface area contributed by atoms with Crippen molar-refractivity contribution in [3.8, 4) is 0 Å². The summed E-state index contributed by atoms with van der Waals surface area (Å²) in [6, 6.07) is 3.44. The summed E-state index contributed by atoms with van der Waals surface area (Å²) < 4.78 is 18.9. The molecule has 1 saturated heterocycles. The third kappa shape index (κ3) is 4.20. The summed E-state index contributed by atoms with van der Waals surface area (Å²) in [6.45, 7) is 6.18. The molecule has 1 aliphatic heterocycles. The van der Waals surface area contributed by atoms with Crippen LogP contribution < -0.4 is 10.7 Å². The number of pyridine rings is 1. The van der Waals surface area contributed by atoms with Crippen molar-refractivity contribution >= 4 is 38.8 Å². The highest BCUT2D eigenvalue weighted by atomic mass is 79.9. The third-order valence-electron chi connectivity index (χ3n) is 6.10. The molecule has 0 spiro atoms. The molecule has 3 rings (SSSR count). The molecule has 2 amide bonds. The zero-order valence-electron chi connectivity index (χ0n) is 18.1. The van der Waals surface area contributed by atoms with Gasteiger partial charge in [0, 0.05) is 23.7 Å². The minimum atomic E-state index is -0.758. The van der Waals surface area contributed by atoms with E-state index in [-0.39, 0.29) is 27.1 Å². The predicted octanol–water partition coefficient (Wildman–Crippen LogP) is 4.04. The van der Waals surface area contributed by atoms with Gasteiger partial charge in [-0.05, 0) is 53.2 Å². The number of ether oxygens (including phenoxy) is 1. The van der Waals surface area contributed by atoms with Crippen molar-refractivity contribution < 1.29 is 18.7 Å². The molecule has 7 nitrogen and oxygen atoms in total. The van der Waals surface area contributed by atoms with Crippen LogP contribution in [0.2, 0.25) is 0 Å². The molecule has 2 aromatic rings. The van der Waals surface area contributed by atoms with E-state index >= 15 is 0 Å². The average molecular weight is 496 g/mol. The molecule has 0 bridgehead atoms. The van der Waals surface area contributed by atoms with Gasteiger partial charge < -0.3 is 19.9 Å². The van der Waals surface area contributed by atoms with Crippen LogP contribution in [0, 0.1) is 11.7 Å². The maximum atomic E-state index is 13.9. The largest absolute Gasteiger partial charge is 0.453 e. The minimum absolute atomic E-state index is 0.156. The van der Waals surface area contributed by atoms with Gasteiger partial charge >= 0.3 is 6.09 Å². The third-order valence-corrected chi connectivity index (χ3v) is 6.71. The molecule has 0 radical (unpaired) electrons. The molecular weight excluding hydrogens is 469 g/mol. The molecule has 9 heteroatoms. The lowest BCUT2D eigenvalue weighted by atomic mass is 9.87. The molecule has 2 heterocycles. The molecule has 1 aromatic heterocycles. The number of hydrogen-bond donors (Lipinski definition) is 2. The second-order valence-corrected chi connectivity index (χ2v) is 9.05. The lowest BCUT2D eigenvalue weighted by Crippen LogP contribution is -2.55. The van der Waals surface area contributed by atoms with Crippen LogP contribution in [0.25, 0.3) is 10.9 Å². The number of amides is 2. The van der Waals surface area contributed by atoms with E-state index in [1.807, 2.05) is 20.8 Å². The van der Waals surface area contributed by atoms with Gasteiger partial charge in [-0.15, -0.1) is 0 Å². The van der Waals surface area contributed by atoms with Gasteiger partial charge in [0.1, 0.15) is 11.9 Å². The molecule has 2 atom stereocenters. The number of nitrogens with one attached hydrogen (secondary N) is 2. The lowest BCUT2D eigenvalue weighted by Gasteiger charge is -2.40. The Balaban J connectivity index is 2.09. The number of likely N-dealkylation sites (tertiary alicyclic amines) is 1. The molecule has 168 valence electrons. The molecular formula is C22H27BrFN3O4. The topological polar surface area (TPSA) is 91.5 Å². The summed E-state index contributed by atoms with van der Waals surface area (Å²) in [5.74, 6) is -0.889. The molecule has 1 aromatic carbocycles. The van der Waals surface area contributed by atoms with Crippen LogP contribution in [0.4, 0.5) is 9.18 Å². The van der Waals surface area contributed by atoms with Crippen molar-refractivity contribution in [2.24, 2.45) is 5.92 Å². The Bertz CT molecular complexity index is 1070. The number of halogens is 2. The van der Waals surface area contributed by atoms with E-state index in [2.05, 4.69) is 31.0 Å². The van der Waals surface area contributed by atoms with Gasteiger partial charge in [-0.3, -0.25) is 9.59 Å². The maximum absolute atomic E-state index is 13.9. The number of aromatic nitrogens is 1. The smallest absolute Gasteiger partial charge is 0.407 e. The predicted molar refractivity (Wildman–Crippen MR) is 119 cm³/mol. The highest BCUT2D eigenvalue weighted by Gasteiger charge is 2.47. The number of fused-ring (bicyclic) bond motifs is 1. The molecule has 0 aliphatic carbocycles. The number of methoxy groups -OCH3 is 1. The first-order chi connectivity index (χ1) is 14.6. The zero-order chi connectivity index (χ0) is 22.9. The second-order valence-electron chi connectivity index (χ2n) is 8.20. The van der Waals surface area contributed by atoms with E-state index in [9.17, 15) is 18.8 Å². The fourth-order valence-corrected chi connectivity index (χ4v) is 4.74. The fraction of sp³-hybridized carbons (Fsp3) is 0.500. The van der Waals surface area contributed by atoms with Gasteiger partial charge in [0.2, 0.25) is 5.91 Å². The van der Waals surface area contributed by atoms with Gasteiger partial charge in [-0.2, -0.15) is 0 Å². The minimum Gasteiger partial charge on any atom is -0.453 e. The Morgan fingerprint density at radius 3 is 2.68 bits per heavy atom. The van der Waals surface area contributed by atoms with E-state index in [1.54, 1.807) is 4.90 Å². The van der Waals surface area contributed by atoms with E-state index in [0.717, 1.165) is 6.42 Å². The van der Waals surface area contributed by atoms with E-state index in [1.165, 1.54) is 25.3 Å². The zero-order valence-corrected chi connectivity index (χ0v) is 19.6. The van der Waals surface area contributed by atoms with Crippen LogP contribution in [0.1, 0.15) is 45.7 Å². The number of benzene rings is 1. The summed E-state index contributed by atoms with van der Waals surface area (Å²) in [5, 5.41) is 2.89. The molecule has 0 saturated carbocycles. The van der Waals surface area contributed by atoms with Gasteiger partial charge in [-0.1, -0.05) is 20.8 Å². The molecule has 1 aliphatic rings. The van der Waals surface area contributed by atoms with Crippen LogP contribution in [0.5, 0.6) is 0 Å². The van der Waals surface area contributed by atoms with Crippen molar-refractivity contribution in [2.45, 2.75) is 51.6 Å². The van der Waals surface area contributed by atoms with Gasteiger partial charge in [0.05, 0.1) is 22.6 Å². The first kappa shape index (κ1) is 23.2. The second kappa shape index (κ2) is 8.98. The van der Waals surface area contributed by atoms with Crippen molar-refractivity contribution in [1.29, 1.82) is 0 Å². The van der Waals surface area contributed by atoms with Crippen molar-refractivity contribution in [1.82, 2.24) is 15.2 Å². The Morgan fingerprint density at radius 2 is 2.06 bits per heavy atom. The Labute approximate surface area is 188 Å². The normalized spacial score (nSPS) is 19.6. The number of H-pyrrole nitrogens is 1.